The number of rotatable bonds is 5. The minimum absolute atomic E-state index is 0.107. The summed E-state index contributed by atoms with van der Waals surface area (Å²) in [5.74, 6) is -0.0870. The normalized spacial score (nSPS) is 10.2. The monoisotopic (exact) mass is 310 g/mol. The van der Waals surface area contributed by atoms with Gasteiger partial charge >= 0.3 is 0 Å². The number of hydrogen-bond donors (Lipinski definition) is 1. The molecular weight excluding hydrogens is 299 g/mol. The third-order valence-corrected chi connectivity index (χ3v) is 3.12. The molecule has 2 aromatic carbocycles. The molecule has 0 bridgehead atoms. The van der Waals surface area contributed by atoms with Gasteiger partial charge in [0.2, 0.25) is 0 Å². The van der Waals surface area contributed by atoms with Crippen molar-refractivity contribution in [3.05, 3.63) is 62.9 Å². The summed E-state index contributed by atoms with van der Waals surface area (Å²) in [6.07, 6.45) is 0. The molecule has 21 heavy (non-hydrogen) atoms. The topological polar surface area (TPSA) is 64.4 Å². The van der Waals surface area contributed by atoms with Crippen LogP contribution in [-0.4, -0.2) is 12.0 Å². The summed E-state index contributed by atoms with van der Waals surface area (Å²) in [5, 5.41) is 14.2. The number of nitro benzene ring substituents is 1. The van der Waals surface area contributed by atoms with Gasteiger partial charge in [0.05, 0.1) is 18.1 Å². The second-order valence-corrected chi connectivity index (χ2v) is 4.67. The summed E-state index contributed by atoms with van der Waals surface area (Å²) in [6, 6.07) is 8.70. The summed E-state index contributed by atoms with van der Waals surface area (Å²) in [5.41, 5.74) is 0.517. The maximum Gasteiger partial charge on any atom is 0.296 e. The molecule has 0 radical (unpaired) electrons. The zero-order valence-electron chi connectivity index (χ0n) is 11.1. The van der Waals surface area contributed by atoms with Crippen LogP contribution >= 0.6 is 11.6 Å². The molecule has 7 heteroatoms. The average Bonchev–Trinajstić information content (AvgIpc) is 2.46. The van der Waals surface area contributed by atoms with Crippen LogP contribution in [0.5, 0.6) is 5.75 Å². The highest BCUT2D eigenvalue weighted by Crippen LogP contribution is 2.29. The lowest BCUT2D eigenvalue weighted by Crippen LogP contribution is -2.04. The van der Waals surface area contributed by atoms with Crippen LogP contribution in [-0.2, 0) is 6.54 Å². The van der Waals surface area contributed by atoms with Gasteiger partial charge in [0.25, 0.3) is 5.69 Å². The second-order valence-electron chi connectivity index (χ2n) is 4.23. The van der Waals surface area contributed by atoms with E-state index < -0.39 is 10.7 Å². The molecule has 0 heterocycles. The molecule has 0 saturated heterocycles. The summed E-state index contributed by atoms with van der Waals surface area (Å²) in [4.78, 5) is 10.5. The Morgan fingerprint density at radius 3 is 2.71 bits per heavy atom. The molecular formula is C14H12ClFN2O3. The van der Waals surface area contributed by atoms with E-state index in [9.17, 15) is 14.5 Å². The van der Waals surface area contributed by atoms with E-state index in [-0.39, 0.29) is 17.9 Å². The number of hydrogen-bond acceptors (Lipinski definition) is 4. The van der Waals surface area contributed by atoms with Crippen molar-refractivity contribution in [2.24, 2.45) is 0 Å². The molecule has 2 aromatic rings. The molecule has 0 amide bonds. The van der Waals surface area contributed by atoms with Crippen molar-refractivity contribution >= 4 is 23.0 Å². The van der Waals surface area contributed by atoms with Crippen molar-refractivity contribution in [2.45, 2.75) is 6.54 Å². The minimum atomic E-state index is -0.525. The fraction of sp³-hybridized carbons (Fsp3) is 0.143. The highest BCUT2D eigenvalue weighted by molar-refractivity contribution is 6.30. The van der Waals surface area contributed by atoms with Gasteiger partial charge in [0.1, 0.15) is 17.3 Å². The van der Waals surface area contributed by atoms with Crippen molar-refractivity contribution < 1.29 is 14.1 Å². The lowest BCUT2D eigenvalue weighted by atomic mass is 10.2. The zero-order chi connectivity index (χ0) is 15.4. The number of nitro groups is 1. The number of nitrogens with one attached hydrogen (secondary N) is 1. The molecule has 0 atom stereocenters. The number of nitrogens with zero attached hydrogens (tertiary/aromatic N) is 1. The van der Waals surface area contributed by atoms with Crippen LogP contribution in [0.2, 0.25) is 5.02 Å². The quantitative estimate of drug-likeness (QED) is 0.669. The maximum absolute atomic E-state index is 13.7. The molecule has 0 fully saturated rings. The van der Waals surface area contributed by atoms with Crippen LogP contribution in [0.4, 0.5) is 15.8 Å². The summed E-state index contributed by atoms with van der Waals surface area (Å²) in [7, 11) is 1.43. The van der Waals surface area contributed by atoms with E-state index in [4.69, 9.17) is 16.3 Å². The Balaban J connectivity index is 2.21. The molecule has 0 saturated carbocycles. The summed E-state index contributed by atoms with van der Waals surface area (Å²) >= 11 is 5.67. The van der Waals surface area contributed by atoms with Gasteiger partial charge in [-0.25, -0.2) is 4.39 Å². The molecule has 110 valence electrons. The van der Waals surface area contributed by atoms with E-state index in [1.807, 2.05) is 0 Å². The van der Waals surface area contributed by atoms with Gasteiger partial charge in [0.15, 0.2) is 0 Å². The minimum Gasteiger partial charge on any atom is -0.496 e. The van der Waals surface area contributed by atoms with Crippen LogP contribution < -0.4 is 10.1 Å². The van der Waals surface area contributed by atoms with Gasteiger partial charge in [-0.1, -0.05) is 17.7 Å². The van der Waals surface area contributed by atoms with Crippen molar-refractivity contribution in [2.75, 3.05) is 12.4 Å². The Bertz CT molecular complexity index is 679. The van der Waals surface area contributed by atoms with Crippen LogP contribution in [0.3, 0.4) is 0 Å². The predicted molar refractivity (Wildman–Crippen MR) is 78.4 cm³/mol. The zero-order valence-corrected chi connectivity index (χ0v) is 11.9. The van der Waals surface area contributed by atoms with E-state index in [0.717, 1.165) is 0 Å². The molecule has 0 unspecified atom stereocenters. The molecule has 0 aromatic heterocycles. The van der Waals surface area contributed by atoms with Crippen LogP contribution in [0.15, 0.2) is 36.4 Å². The SMILES string of the molecule is COc1ccc(NCc2ccc(Cl)cc2F)c([N+](=O)[O-])c1. The van der Waals surface area contributed by atoms with Gasteiger partial charge in [-0.15, -0.1) is 0 Å². The van der Waals surface area contributed by atoms with Crippen LogP contribution in [0, 0.1) is 15.9 Å². The van der Waals surface area contributed by atoms with Crippen molar-refractivity contribution in [1.82, 2.24) is 0 Å². The van der Waals surface area contributed by atoms with Gasteiger partial charge in [-0.3, -0.25) is 10.1 Å². The van der Waals surface area contributed by atoms with Gasteiger partial charge < -0.3 is 10.1 Å². The van der Waals surface area contributed by atoms with Crippen molar-refractivity contribution in [3.8, 4) is 5.75 Å². The Morgan fingerprint density at radius 1 is 1.33 bits per heavy atom. The third-order valence-electron chi connectivity index (χ3n) is 2.89. The van der Waals surface area contributed by atoms with Crippen molar-refractivity contribution in [1.29, 1.82) is 0 Å². The number of halogens is 2. The number of benzene rings is 2. The van der Waals surface area contributed by atoms with Gasteiger partial charge in [-0.05, 0) is 24.3 Å². The van der Waals surface area contributed by atoms with Crippen molar-refractivity contribution in [3.63, 3.8) is 0 Å². The first-order valence-electron chi connectivity index (χ1n) is 6.01. The first kappa shape index (κ1) is 15.1. The summed E-state index contributed by atoms with van der Waals surface area (Å²) in [6.45, 7) is 0.107. The van der Waals surface area contributed by atoms with E-state index >= 15 is 0 Å². The van der Waals surface area contributed by atoms with E-state index in [0.29, 0.717) is 16.3 Å². The number of ether oxygens (including phenoxy) is 1. The van der Waals surface area contributed by atoms with E-state index in [1.54, 1.807) is 12.1 Å². The van der Waals surface area contributed by atoms with E-state index in [2.05, 4.69) is 5.32 Å². The largest absolute Gasteiger partial charge is 0.496 e. The van der Waals surface area contributed by atoms with Gasteiger partial charge in [0, 0.05) is 17.1 Å². The smallest absolute Gasteiger partial charge is 0.296 e. The second kappa shape index (κ2) is 6.41. The predicted octanol–water partition coefficient (Wildman–Crippen LogP) is 4.01. The van der Waals surface area contributed by atoms with Crippen LogP contribution in [0.1, 0.15) is 5.56 Å². The van der Waals surface area contributed by atoms with Crippen LogP contribution in [0.25, 0.3) is 0 Å². The fourth-order valence-corrected chi connectivity index (χ4v) is 1.95. The molecule has 0 aliphatic rings. The lowest BCUT2D eigenvalue weighted by molar-refractivity contribution is -0.384. The highest BCUT2D eigenvalue weighted by Gasteiger charge is 2.15. The lowest BCUT2D eigenvalue weighted by Gasteiger charge is -2.09. The summed E-state index contributed by atoms with van der Waals surface area (Å²) < 4.78 is 18.6. The molecule has 5 nitrogen and oxygen atoms in total. The maximum atomic E-state index is 13.7. The first-order chi connectivity index (χ1) is 10.0. The Morgan fingerprint density at radius 2 is 2.10 bits per heavy atom. The Hall–Kier alpha value is -2.34. The fourth-order valence-electron chi connectivity index (χ4n) is 1.79. The molecule has 0 aliphatic heterocycles. The average molecular weight is 311 g/mol. The molecule has 0 spiro atoms. The first-order valence-corrected chi connectivity index (χ1v) is 6.39. The Kier molecular flexibility index (Phi) is 4.59. The van der Waals surface area contributed by atoms with Gasteiger partial charge in [-0.2, -0.15) is 0 Å². The molecule has 2 rings (SSSR count). The number of anilines is 1. The highest BCUT2D eigenvalue weighted by atomic mass is 35.5. The Labute approximate surface area is 125 Å². The molecule has 1 N–H and O–H groups in total. The third kappa shape index (κ3) is 3.61. The number of methoxy groups -OCH3 is 1. The standard InChI is InChI=1S/C14H12ClFN2O3/c1-21-11-4-5-13(14(7-11)18(19)20)17-8-9-2-3-10(15)6-12(9)16/h2-7,17H,8H2,1H3. The van der Waals surface area contributed by atoms with E-state index in [1.165, 1.54) is 31.4 Å². The molecule has 0 aliphatic carbocycles.